The highest BCUT2D eigenvalue weighted by atomic mass is 16.5. The van der Waals surface area contributed by atoms with Gasteiger partial charge in [0.25, 0.3) is 5.91 Å². The summed E-state index contributed by atoms with van der Waals surface area (Å²) in [5.41, 5.74) is 1.62. The summed E-state index contributed by atoms with van der Waals surface area (Å²) in [5, 5.41) is 12.5. The summed E-state index contributed by atoms with van der Waals surface area (Å²) in [5.74, 6) is -2.01. The molecule has 2 N–H and O–H groups in total. The Kier molecular flexibility index (Phi) is 6.35. The van der Waals surface area contributed by atoms with E-state index in [9.17, 15) is 19.5 Å². The van der Waals surface area contributed by atoms with Crippen molar-refractivity contribution < 1.29 is 29.0 Å². The summed E-state index contributed by atoms with van der Waals surface area (Å²) < 4.78 is 10.0. The molecule has 0 heterocycles. The number of benzene rings is 3. The minimum Gasteiger partial charge on any atom is -0.497 e. The van der Waals surface area contributed by atoms with E-state index in [1.807, 2.05) is 0 Å². The standard InChI is InChI=1S/C24H21NO6/c1-14-18(15-9-11-17(30-2)12-10-15)13-19(21(23(27)28)20(14)24(29)31-3)25-22(26)16-7-5-4-6-8-16/h4-13H,1-3H3,(H,25,26)(H,27,28). The molecule has 3 aromatic rings. The van der Waals surface area contributed by atoms with E-state index in [-0.39, 0.29) is 16.8 Å². The third-order valence-electron chi connectivity index (χ3n) is 4.88. The molecule has 0 saturated carbocycles. The number of hydrogen-bond donors (Lipinski definition) is 2. The van der Waals surface area contributed by atoms with Crippen LogP contribution in [0.5, 0.6) is 5.75 Å². The van der Waals surface area contributed by atoms with Gasteiger partial charge >= 0.3 is 11.9 Å². The van der Waals surface area contributed by atoms with Gasteiger partial charge in [-0.3, -0.25) is 4.79 Å². The summed E-state index contributed by atoms with van der Waals surface area (Å²) in [6.45, 7) is 1.64. The lowest BCUT2D eigenvalue weighted by molar-refractivity contribution is 0.0582. The highest BCUT2D eigenvalue weighted by Gasteiger charge is 2.27. The molecule has 31 heavy (non-hydrogen) atoms. The van der Waals surface area contributed by atoms with Crippen LogP contribution in [0.25, 0.3) is 11.1 Å². The molecule has 0 spiro atoms. The number of amides is 1. The van der Waals surface area contributed by atoms with Gasteiger partial charge in [-0.05, 0) is 53.9 Å². The number of hydrogen-bond acceptors (Lipinski definition) is 5. The minimum absolute atomic E-state index is 0.00169. The van der Waals surface area contributed by atoms with Crippen molar-refractivity contribution in [1.82, 2.24) is 0 Å². The number of esters is 1. The van der Waals surface area contributed by atoms with Gasteiger partial charge in [0.2, 0.25) is 0 Å². The molecule has 7 nitrogen and oxygen atoms in total. The molecule has 0 aliphatic rings. The Morgan fingerprint density at radius 2 is 1.55 bits per heavy atom. The number of anilines is 1. The maximum Gasteiger partial charge on any atom is 0.339 e. The van der Waals surface area contributed by atoms with E-state index in [1.165, 1.54) is 7.11 Å². The van der Waals surface area contributed by atoms with Crippen molar-refractivity contribution in [3.8, 4) is 16.9 Å². The molecule has 7 heteroatoms. The van der Waals surface area contributed by atoms with Gasteiger partial charge in [0.05, 0.1) is 31.0 Å². The molecule has 0 aliphatic carbocycles. The summed E-state index contributed by atoms with van der Waals surface area (Å²) in [7, 11) is 2.73. The van der Waals surface area contributed by atoms with Crippen LogP contribution in [0.2, 0.25) is 0 Å². The molecule has 0 bridgehead atoms. The van der Waals surface area contributed by atoms with Crippen molar-refractivity contribution in [2.75, 3.05) is 19.5 Å². The van der Waals surface area contributed by atoms with E-state index in [1.54, 1.807) is 74.7 Å². The fourth-order valence-corrected chi connectivity index (χ4v) is 3.31. The largest absolute Gasteiger partial charge is 0.497 e. The first-order chi connectivity index (χ1) is 14.9. The second-order valence-corrected chi connectivity index (χ2v) is 6.69. The fraction of sp³-hybridized carbons (Fsp3) is 0.125. The zero-order valence-electron chi connectivity index (χ0n) is 17.3. The Bertz CT molecular complexity index is 1140. The lowest BCUT2D eigenvalue weighted by atomic mass is 9.91. The fourth-order valence-electron chi connectivity index (χ4n) is 3.31. The van der Waals surface area contributed by atoms with Crippen molar-refractivity contribution in [2.45, 2.75) is 6.92 Å². The molecule has 1 amide bonds. The Morgan fingerprint density at radius 1 is 0.903 bits per heavy atom. The highest BCUT2D eigenvalue weighted by molar-refractivity contribution is 6.13. The van der Waals surface area contributed by atoms with Crippen LogP contribution in [0.1, 0.15) is 36.6 Å². The predicted octanol–water partition coefficient (Wildman–Crippen LogP) is 4.41. The molecule has 0 fully saturated rings. The third-order valence-corrected chi connectivity index (χ3v) is 4.88. The van der Waals surface area contributed by atoms with Crippen LogP contribution in [-0.4, -0.2) is 37.2 Å². The van der Waals surface area contributed by atoms with Gasteiger partial charge in [-0.1, -0.05) is 30.3 Å². The number of carboxylic acids is 1. The number of ether oxygens (including phenoxy) is 2. The topological polar surface area (TPSA) is 102 Å². The number of carbonyl (C=O) groups excluding carboxylic acids is 2. The lowest BCUT2D eigenvalue weighted by Gasteiger charge is -2.18. The molecular weight excluding hydrogens is 398 g/mol. The molecule has 0 aliphatic heterocycles. The number of aromatic carboxylic acids is 1. The van der Waals surface area contributed by atoms with E-state index in [0.717, 1.165) is 5.56 Å². The minimum atomic E-state index is -1.35. The van der Waals surface area contributed by atoms with E-state index in [2.05, 4.69) is 5.32 Å². The first-order valence-corrected chi connectivity index (χ1v) is 9.37. The van der Waals surface area contributed by atoms with Gasteiger partial charge in [0.1, 0.15) is 5.75 Å². The molecular formula is C24H21NO6. The van der Waals surface area contributed by atoms with Crippen LogP contribution in [0, 0.1) is 6.92 Å². The summed E-state index contributed by atoms with van der Waals surface area (Å²) in [6, 6.07) is 17.0. The van der Waals surface area contributed by atoms with Crippen molar-refractivity contribution in [2.24, 2.45) is 0 Å². The summed E-state index contributed by atoms with van der Waals surface area (Å²) in [4.78, 5) is 37.3. The Balaban J connectivity index is 2.22. The van der Waals surface area contributed by atoms with Crippen LogP contribution in [0.4, 0.5) is 5.69 Å². The van der Waals surface area contributed by atoms with E-state index < -0.39 is 17.8 Å². The highest BCUT2D eigenvalue weighted by Crippen LogP contribution is 2.35. The summed E-state index contributed by atoms with van der Waals surface area (Å²) >= 11 is 0. The molecule has 0 atom stereocenters. The van der Waals surface area contributed by atoms with E-state index in [0.29, 0.717) is 22.4 Å². The van der Waals surface area contributed by atoms with Gasteiger partial charge in [0, 0.05) is 5.56 Å². The van der Waals surface area contributed by atoms with Crippen LogP contribution < -0.4 is 10.1 Å². The van der Waals surface area contributed by atoms with Crippen molar-refractivity contribution in [3.63, 3.8) is 0 Å². The zero-order chi connectivity index (χ0) is 22.5. The number of carboxylic acid groups (broad SMARTS) is 1. The molecule has 3 aromatic carbocycles. The van der Waals surface area contributed by atoms with Crippen LogP contribution in [-0.2, 0) is 4.74 Å². The Labute approximate surface area is 179 Å². The first kappa shape index (κ1) is 21.6. The Morgan fingerprint density at radius 3 is 2.10 bits per heavy atom. The van der Waals surface area contributed by atoms with E-state index >= 15 is 0 Å². The van der Waals surface area contributed by atoms with Gasteiger partial charge in [0.15, 0.2) is 0 Å². The second kappa shape index (κ2) is 9.13. The van der Waals surface area contributed by atoms with Crippen molar-refractivity contribution in [1.29, 1.82) is 0 Å². The lowest BCUT2D eigenvalue weighted by Crippen LogP contribution is -2.19. The zero-order valence-corrected chi connectivity index (χ0v) is 17.3. The molecule has 0 radical (unpaired) electrons. The van der Waals surface area contributed by atoms with Gasteiger partial charge in [-0.25, -0.2) is 9.59 Å². The molecule has 0 aromatic heterocycles. The molecule has 158 valence electrons. The molecule has 0 saturated heterocycles. The number of methoxy groups -OCH3 is 2. The van der Waals surface area contributed by atoms with Gasteiger partial charge in [-0.2, -0.15) is 0 Å². The van der Waals surface area contributed by atoms with Gasteiger partial charge < -0.3 is 19.9 Å². The van der Waals surface area contributed by atoms with Gasteiger partial charge in [-0.15, -0.1) is 0 Å². The maximum atomic E-state index is 12.7. The normalized spacial score (nSPS) is 10.3. The quantitative estimate of drug-likeness (QED) is 0.574. The van der Waals surface area contributed by atoms with Crippen molar-refractivity contribution in [3.05, 3.63) is 82.9 Å². The SMILES string of the molecule is COC(=O)c1c(C)c(-c2ccc(OC)cc2)cc(NC(=O)c2ccccc2)c1C(=O)O. The second-order valence-electron chi connectivity index (χ2n) is 6.69. The smallest absolute Gasteiger partial charge is 0.339 e. The Hall–Kier alpha value is -4.13. The summed E-state index contributed by atoms with van der Waals surface area (Å²) in [6.07, 6.45) is 0. The number of rotatable bonds is 6. The number of carbonyl (C=O) groups is 3. The molecule has 3 rings (SSSR count). The predicted molar refractivity (Wildman–Crippen MR) is 116 cm³/mol. The average Bonchev–Trinajstić information content (AvgIpc) is 2.79. The maximum absolute atomic E-state index is 12.7. The van der Waals surface area contributed by atoms with E-state index in [4.69, 9.17) is 9.47 Å². The van der Waals surface area contributed by atoms with Crippen LogP contribution >= 0.6 is 0 Å². The van der Waals surface area contributed by atoms with Crippen LogP contribution in [0.15, 0.2) is 60.7 Å². The monoisotopic (exact) mass is 419 g/mol. The van der Waals surface area contributed by atoms with Crippen LogP contribution in [0.3, 0.4) is 0 Å². The average molecular weight is 419 g/mol. The molecule has 0 unspecified atom stereocenters. The third kappa shape index (κ3) is 4.40. The first-order valence-electron chi connectivity index (χ1n) is 9.37. The van der Waals surface area contributed by atoms with Crippen molar-refractivity contribution >= 4 is 23.5 Å². The number of nitrogens with one attached hydrogen (secondary N) is 1.